The van der Waals surface area contributed by atoms with E-state index in [2.05, 4.69) is 15.0 Å². The van der Waals surface area contributed by atoms with Crippen LogP contribution in [0.25, 0.3) is 0 Å². The number of nitrogens with zero attached hydrogens (tertiary/aromatic N) is 1. The number of nitrogens with one attached hydrogen (secondary N) is 2. The van der Waals surface area contributed by atoms with Gasteiger partial charge in [0.15, 0.2) is 0 Å². The molecule has 1 heterocycles. The van der Waals surface area contributed by atoms with E-state index in [-0.39, 0.29) is 17.0 Å². The van der Waals surface area contributed by atoms with Crippen LogP contribution in [0.4, 0.5) is 4.79 Å². The van der Waals surface area contributed by atoms with Gasteiger partial charge in [0, 0.05) is 18.2 Å². The van der Waals surface area contributed by atoms with Crippen LogP contribution in [-0.4, -0.2) is 43.8 Å². The summed E-state index contributed by atoms with van der Waals surface area (Å²) in [4.78, 5) is 14.5. The van der Waals surface area contributed by atoms with E-state index in [9.17, 15) is 13.2 Å². The molecule has 0 bridgehead atoms. The SMILES string of the molecule is COc1ccc(S(=O)(=O)NC2CCC(NC(=O)O)CC2)cn1. The van der Waals surface area contributed by atoms with Crippen molar-refractivity contribution in [2.75, 3.05) is 7.11 Å². The van der Waals surface area contributed by atoms with Crippen LogP contribution >= 0.6 is 0 Å². The Morgan fingerprint density at radius 1 is 1.27 bits per heavy atom. The van der Waals surface area contributed by atoms with Crippen molar-refractivity contribution in [3.63, 3.8) is 0 Å². The number of hydrogen-bond acceptors (Lipinski definition) is 5. The third kappa shape index (κ3) is 4.31. The predicted octanol–water partition coefficient (Wildman–Crippen LogP) is 0.947. The average Bonchev–Trinajstić information content (AvgIpc) is 2.48. The smallest absolute Gasteiger partial charge is 0.404 e. The summed E-state index contributed by atoms with van der Waals surface area (Å²) in [5.41, 5.74) is 0. The number of rotatable bonds is 5. The zero-order valence-electron chi connectivity index (χ0n) is 12.2. The molecule has 0 spiro atoms. The third-order valence-electron chi connectivity index (χ3n) is 3.61. The van der Waals surface area contributed by atoms with Gasteiger partial charge in [-0.15, -0.1) is 0 Å². The van der Waals surface area contributed by atoms with Gasteiger partial charge in [-0.2, -0.15) is 0 Å². The number of aromatic nitrogens is 1. The summed E-state index contributed by atoms with van der Waals surface area (Å²) in [6, 6.07) is 2.62. The molecule has 1 fully saturated rings. The highest BCUT2D eigenvalue weighted by atomic mass is 32.2. The van der Waals surface area contributed by atoms with Gasteiger partial charge in [0.05, 0.1) is 13.3 Å². The van der Waals surface area contributed by atoms with E-state index < -0.39 is 16.1 Å². The van der Waals surface area contributed by atoms with Crippen molar-refractivity contribution in [3.05, 3.63) is 18.3 Å². The molecule has 8 nitrogen and oxygen atoms in total. The Labute approximate surface area is 128 Å². The largest absolute Gasteiger partial charge is 0.481 e. The van der Waals surface area contributed by atoms with Gasteiger partial charge in [0.1, 0.15) is 4.90 Å². The maximum absolute atomic E-state index is 12.3. The summed E-state index contributed by atoms with van der Waals surface area (Å²) in [5, 5.41) is 11.1. The lowest BCUT2D eigenvalue weighted by atomic mass is 9.92. The Bertz CT molecular complexity index is 609. The van der Waals surface area contributed by atoms with Crippen molar-refractivity contribution in [3.8, 4) is 5.88 Å². The van der Waals surface area contributed by atoms with Crippen molar-refractivity contribution in [1.29, 1.82) is 0 Å². The first-order valence-electron chi connectivity index (χ1n) is 6.92. The minimum atomic E-state index is -3.63. The van der Waals surface area contributed by atoms with Crippen molar-refractivity contribution in [2.45, 2.75) is 42.7 Å². The molecule has 1 aromatic rings. The summed E-state index contributed by atoms with van der Waals surface area (Å²) in [6.07, 6.45) is 2.61. The van der Waals surface area contributed by atoms with Crippen LogP contribution in [0.3, 0.4) is 0 Å². The Morgan fingerprint density at radius 3 is 2.41 bits per heavy atom. The van der Waals surface area contributed by atoms with Crippen LogP contribution in [-0.2, 0) is 10.0 Å². The minimum absolute atomic E-state index is 0.0825. The first-order valence-corrected chi connectivity index (χ1v) is 8.41. The maximum Gasteiger partial charge on any atom is 0.404 e. The van der Waals surface area contributed by atoms with Gasteiger partial charge in [-0.05, 0) is 31.7 Å². The fourth-order valence-corrected chi connectivity index (χ4v) is 3.71. The van der Waals surface area contributed by atoms with Crippen LogP contribution in [0.1, 0.15) is 25.7 Å². The van der Waals surface area contributed by atoms with E-state index in [4.69, 9.17) is 9.84 Å². The molecule has 0 radical (unpaired) electrons. The van der Waals surface area contributed by atoms with E-state index in [1.165, 1.54) is 25.4 Å². The number of hydrogen-bond donors (Lipinski definition) is 3. The zero-order valence-corrected chi connectivity index (χ0v) is 13.0. The van der Waals surface area contributed by atoms with E-state index in [1.54, 1.807) is 0 Å². The molecule has 1 aromatic heterocycles. The highest BCUT2D eigenvalue weighted by molar-refractivity contribution is 7.89. The first kappa shape index (κ1) is 16.5. The highest BCUT2D eigenvalue weighted by Gasteiger charge is 2.26. The molecule has 0 aliphatic heterocycles. The molecular formula is C13H19N3O5S. The molecule has 0 unspecified atom stereocenters. The number of amides is 1. The quantitative estimate of drug-likeness (QED) is 0.740. The molecule has 1 amide bonds. The van der Waals surface area contributed by atoms with Crippen molar-refractivity contribution >= 4 is 16.1 Å². The number of pyridine rings is 1. The Hall–Kier alpha value is -1.87. The molecule has 2 rings (SSSR count). The molecule has 3 N–H and O–H groups in total. The summed E-state index contributed by atoms with van der Waals surface area (Å²) >= 11 is 0. The second-order valence-corrected chi connectivity index (χ2v) is 6.87. The molecule has 1 saturated carbocycles. The van der Waals surface area contributed by atoms with Crippen molar-refractivity contribution < 1.29 is 23.1 Å². The van der Waals surface area contributed by atoms with Crippen LogP contribution in [0.2, 0.25) is 0 Å². The molecule has 1 aliphatic carbocycles. The van der Waals surface area contributed by atoms with Gasteiger partial charge in [0.2, 0.25) is 15.9 Å². The number of carbonyl (C=O) groups is 1. The molecule has 122 valence electrons. The standard InChI is InChI=1S/C13H19N3O5S/c1-21-12-7-6-11(8-14-12)22(19,20)16-10-4-2-9(3-5-10)15-13(17)18/h6-10,15-16H,2-5H2,1H3,(H,17,18). The van der Waals surface area contributed by atoms with E-state index in [0.29, 0.717) is 31.6 Å². The fraction of sp³-hybridized carbons (Fsp3) is 0.538. The van der Waals surface area contributed by atoms with Crippen LogP contribution < -0.4 is 14.8 Å². The summed E-state index contributed by atoms with van der Waals surface area (Å²) in [6.45, 7) is 0. The Kier molecular flexibility index (Phi) is 5.19. The molecular weight excluding hydrogens is 310 g/mol. The van der Waals surface area contributed by atoms with E-state index >= 15 is 0 Å². The van der Waals surface area contributed by atoms with Crippen molar-refractivity contribution in [2.24, 2.45) is 0 Å². The van der Waals surface area contributed by atoms with Gasteiger partial charge in [-0.25, -0.2) is 22.9 Å². The highest BCUT2D eigenvalue weighted by Crippen LogP contribution is 2.21. The van der Waals surface area contributed by atoms with Crippen LogP contribution in [0.5, 0.6) is 5.88 Å². The molecule has 0 aromatic carbocycles. The number of carboxylic acid groups (broad SMARTS) is 1. The van der Waals surface area contributed by atoms with Gasteiger partial charge in [-0.3, -0.25) is 0 Å². The monoisotopic (exact) mass is 329 g/mol. The summed E-state index contributed by atoms with van der Waals surface area (Å²) in [5.74, 6) is 0.346. The summed E-state index contributed by atoms with van der Waals surface area (Å²) < 4.78 is 32.0. The molecule has 0 saturated heterocycles. The molecule has 9 heteroatoms. The fourth-order valence-electron chi connectivity index (χ4n) is 2.46. The third-order valence-corrected chi connectivity index (χ3v) is 5.11. The number of sulfonamides is 1. The maximum atomic E-state index is 12.3. The van der Waals surface area contributed by atoms with E-state index in [1.807, 2.05) is 0 Å². The lowest BCUT2D eigenvalue weighted by Gasteiger charge is -2.28. The molecule has 22 heavy (non-hydrogen) atoms. The lowest BCUT2D eigenvalue weighted by molar-refractivity contribution is 0.184. The normalized spacial score (nSPS) is 22.0. The topological polar surface area (TPSA) is 118 Å². The first-order chi connectivity index (χ1) is 10.4. The predicted molar refractivity (Wildman–Crippen MR) is 78.3 cm³/mol. The second-order valence-electron chi connectivity index (χ2n) is 5.16. The number of methoxy groups -OCH3 is 1. The van der Waals surface area contributed by atoms with Gasteiger partial charge in [0.25, 0.3) is 0 Å². The Morgan fingerprint density at radius 2 is 1.91 bits per heavy atom. The lowest BCUT2D eigenvalue weighted by Crippen LogP contribution is -2.43. The summed E-state index contributed by atoms with van der Waals surface area (Å²) in [7, 11) is -2.17. The molecule has 1 aliphatic rings. The van der Waals surface area contributed by atoms with Crippen LogP contribution in [0.15, 0.2) is 23.2 Å². The van der Waals surface area contributed by atoms with Gasteiger partial charge < -0.3 is 15.2 Å². The number of ether oxygens (including phenoxy) is 1. The van der Waals surface area contributed by atoms with E-state index in [0.717, 1.165) is 0 Å². The Balaban J connectivity index is 1.93. The minimum Gasteiger partial charge on any atom is -0.481 e. The average molecular weight is 329 g/mol. The van der Waals surface area contributed by atoms with Crippen molar-refractivity contribution in [1.82, 2.24) is 15.0 Å². The van der Waals surface area contributed by atoms with Gasteiger partial charge >= 0.3 is 6.09 Å². The van der Waals surface area contributed by atoms with Gasteiger partial charge in [-0.1, -0.05) is 0 Å². The van der Waals surface area contributed by atoms with Crippen LogP contribution in [0, 0.1) is 0 Å². The molecule has 0 atom stereocenters. The second kappa shape index (κ2) is 6.93. The zero-order chi connectivity index (χ0) is 16.2.